The first-order valence-corrected chi connectivity index (χ1v) is 5.42. The number of aliphatic hydroxyl groups is 1. The van der Waals surface area contributed by atoms with Gasteiger partial charge >= 0.3 is 0 Å². The van der Waals surface area contributed by atoms with Crippen LogP contribution in [0.3, 0.4) is 0 Å². The van der Waals surface area contributed by atoms with Crippen LogP contribution in [0.2, 0.25) is 0 Å². The van der Waals surface area contributed by atoms with E-state index in [1.54, 1.807) is 18.4 Å². The first-order valence-electron chi connectivity index (χ1n) is 4.54. The molecule has 0 saturated heterocycles. The van der Waals surface area contributed by atoms with Crippen molar-refractivity contribution in [1.82, 2.24) is 0 Å². The van der Waals surface area contributed by atoms with E-state index in [-0.39, 0.29) is 0 Å². The highest BCUT2D eigenvalue weighted by atomic mass is 32.1. The van der Waals surface area contributed by atoms with Crippen molar-refractivity contribution in [2.24, 2.45) is 0 Å². The zero-order chi connectivity index (χ0) is 10.4. The highest BCUT2D eigenvalue weighted by Gasteiger charge is 2.11. The second kappa shape index (κ2) is 6.14. The Balaban J connectivity index is 2.28. The predicted molar refractivity (Wildman–Crippen MR) is 56.7 cm³/mol. The Bertz CT molecular complexity index is 260. The summed E-state index contributed by atoms with van der Waals surface area (Å²) in [6.07, 6.45) is -0.508. The molecule has 1 aromatic rings. The summed E-state index contributed by atoms with van der Waals surface area (Å²) in [5, 5.41) is 11.7. The number of hydrogen-bond acceptors (Lipinski definition) is 4. The van der Waals surface area contributed by atoms with Gasteiger partial charge in [-0.2, -0.15) is 0 Å². The minimum atomic E-state index is -0.508. The van der Waals surface area contributed by atoms with Gasteiger partial charge in [-0.15, -0.1) is 11.3 Å². The lowest BCUT2D eigenvalue weighted by Crippen LogP contribution is -2.10. The van der Waals surface area contributed by atoms with Crippen LogP contribution in [-0.4, -0.2) is 32.0 Å². The van der Waals surface area contributed by atoms with E-state index in [1.807, 2.05) is 18.4 Å². The minimum absolute atomic E-state index is 0.338. The zero-order valence-electron chi connectivity index (χ0n) is 8.53. The third-order valence-corrected chi connectivity index (χ3v) is 3.03. The van der Waals surface area contributed by atoms with Gasteiger partial charge in [0.2, 0.25) is 0 Å². The molecular formula is C10H16O3S. The van der Waals surface area contributed by atoms with Crippen LogP contribution in [-0.2, 0) is 9.47 Å². The molecule has 1 N–H and O–H groups in total. The normalized spacial score (nSPS) is 13.1. The molecule has 1 unspecified atom stereocenters. The van der Waals surface area contributed by atoms with Gasteiger partial charge in [-0.3, -0.25) is 0 Å². The van der Waals surface area contributed by atoms with Gasteiger partial charge < -0.3 is 14.6 Å². The fraction of sp³-hybridized carbons (Fsp3) is 0.600. The smallest absolute Gasteiger partial charge is 0.112 e. The molecule has 80 valence electrons. The predicted octanol–water partition coefficient (Wildman–Crippen LogP) is 1.75. The lowest BCUT2D eigenvalue weighted by Gasteiger charge is -2.10. The molecule has 0 saturated carbocycles. The summed E-state index contributed by atoms with van der Waals surface area (Å²) in [4.78, 5) is 0.988. The highest BCUT2D eigenvalue weighted by Crippen LogP contribution is 2.23. The van der Waals surface area contributed by atoms with Crippen LogP contribution in [0.5, 0.6) is 0 Å². The van der Waals surface area contributed by atoms with Crippen LogP contribution in [0.25, 0.3) is 0 Å². The Kier molecular flexibility index (Phi) is 5.11. The van der Waals surface area contributed by atoms with Crippen LogP contribution >= 0.6 is 11.3 Å². The van der Waals surface area contributed by atoms with Crippen molar-refractivity contribution < 1.29 is 14.6 Å². The molecular weight excluding hydrogens is 200 g/mol. The summed E-state index contributed by atoms with van der Waals surface area (Å²) in [6, 6.07) is 2.00. The van der Waals surface area contributed by atoms with Crippen LogP contribution in [0.1, 0.15) is 16.5 Å². The Labute approximate surface area is 88.3 Å². The monoisotopic (exact) mass is 216 g/mol. The van der Waals surface area contributed by atoms with E-state index in [1.165, 1.54) is 0 Å². The van der Waals surface area contributed by atoms with E-state index < -0.39 is 6.10 Å². The van der Waals surface area contributed by atoms with E-state index in [2.05, 4.69) is 0 Å². The third-order valence-electron chi connectivity index (χ3n) is 1.91. The average Bonchev–Trinajstić information content (AvgIpc) is 2.59. The van der Waals surface area contributed by atoms with Crippen LogP contribution < -0.4 is 0 Å². The molecule has 0 radical (unpaired) electrons. The third kappa shape index (κ3) is 3.38. The van der Waals surface area contributed by atoms with Gasteiger partial charge in [0.15, 0.2) is 0 Å². The molecule has 1 heterocycles. The molecule has 0 bridgehead atoms. The molecule has 0 aromatic carbocycles. The van der Waals surface area contributed by atoms with Crippen molar-refractivity contribution in [2.45, 2.75) is 13.0 Å². The molecule has 0 fully saturated rings. The molecule has 0 spiro atoms. The Morgan fingerprint density at radius 3 is 2.86 bits per heavy atom. The summed E-state index contributed by atoms with van der Waals surface area (Å²) >= 11 is 1.56. The number of aryl methyl sites for hydroxylation is 1. The number of hydrogen-bond donors (Lipinski definition) is 1. The maximum Gasteiger partial charge on any atom is 0.112 e. The number of ether oxygens (including phenoxy) is 2. The molecule has 1 atom stereocenters. The summed E-state index contributed by atoms with van der Waals surface area (Å²) in [6.45, 7) is 3.42. The number of methoxy groups -OCH3 is 1. The van der Waals surface area contributed by atoms with Gasteiger partial charge in [0, 0.05) is 12.0 Å². The summed E-state index contributed by atoms with van der Waals surface area (Å²) in [5.74, 6) is 0. The van der Waals surface area contributed by atoms with Crippen molar-refractivity contribution in [3.63, 3.8) is 0 Å². The van der Waals surface area contributed by atoms with Gasteiger partial charge in [0.05, 0.1) is 19.8 Å². The maximum absolute atomic E-state index is 9.73. The second-order valence-electron chi connectivity index (χ2n) is 3.05. The van der Waals surface area contributed by atoms with Crippen molar-refractivity contribution >= 4 is 11.3 Å². The SMILES string of the molecule is COCCOCC(O)c1sccc1C. The van der Waals surface area contributed by atoms with E-state index in [0.29, 0.717) is 19.8 Å². The zero-order valence-corrected chi connectivity index (χ0v) is 9.34. The molecule has 0 aliphatic heterocycles. The quantitative estimate of drug-likeness (QED) is 0.736. The molecule has 0 aliphatic carbocycles. The topological polar surface area (TPSA) is 38.7 Å². The fourth-order valence-corrected chi connectivity index (χ4v) is 2.04. The van der Waals surface area contributed by atoms with Crippen molar-refractivity contribution in [3.8, 4) is 0 Å². The van der Waals surface area contributed by atoms with Gasteiger partial charge in [0.1, 0.15) is 6.10 Å². The molecule has 0 amide bonds. The van der Waals surface area contributed by atoms with E-state index >= 15 is 0 Å². The van der Waals surface area contributed by atoms with Crippen molar-refractivity contribution in [1.29, 1.82) is 0 Å². The van der Waals surface area contributed by atoms with Gasteiger partial charge in [-0.05, 0) is 23.9 Å². The van der Waals surface area contributed by atoms with Crippen molar-refractivity contribution in [2.75, 3.05) is 26.9 Å². The largest absolute Gasteiger partial charge is 0.385 e. The lowest BCUT2D eigenvalue weighted by molar-refractivity contribution is 0.0137. The second-order valence-corrected chi connectivity index (χ2v) is 4.00. The fourth-order valence-electron chi connectivity index (χ4n) is 1.14. The van der Waals surface area contributed by atoms with E-state index in [0.717, 1.165) is 10.4 Å². The van der Waals surface area contributed by atoms with Gasteiger partial charge in [-0.25, -0.2) is 0 Å². The van der Waals surface area contributed by atoms with Gasteiger partial charge in [0.25, 0.3) is 0 Å². The number of aliphatic hydroxyl groups excluding tert-OH is 1. The molecule has 1 aromatic heterocycles. The first kappa shape index (κ1) is 11.7. The van der Waals surface area contributed by atoms with Crippen LogP contribution in [0.15, 0.2) is 11.4 Å². The van der Waals surface area contributed by atoms with Crippen molar-refractivity contribution in [3.05, 3.63) is 21.9 Å². The average molecular weight is 216 g/mol. The molecule has 3 nitrogen and oxygen atoms in total. The summed E-state index contributed by atoms with van der Waals surface area (Å²) in [7, 11) is 1.63. The number of rotatable bonds is 6. The van der Waals surface area contributed by atoms with Crippen LogP contribution in [0.4, 0.5) is 0 Å². The Morgan fingerprint density at radius 1 is 1.50 bits per heavy atom. The standard InChI is InChI=1S/C10H16O3S/c1-8-3-6-14-10(8)9(11)7-13-5-4-12-2/h3,6,9,11H,4-5,7H2,1-2H3. The molecule has 1 rings (SSSR count). The van der Waals surface area contributed by atoms with E-state index in [4.69, 9.17) is 9.47 Å². The van der Waals surface area contributed by atoms with Crippen LogP contribution in [0, 0.1) is 6.92 Å². The van der Waals surface area contributed by atoms with Gasteiger partial charge in [-0.1, -0.05) is 0 Å². The summed E-state index contributed by atoms with van der Waals surface area (Å²) in [5.41, 5.74) is 1.12. The Morgan fingerprint density at radius 2 is 2.29 bits per heavy atom. The summed E-state index contributed by atoms with van der Waals surface area (Å²) < 4.78 is 10.1. The molecule has 0 aliphatic rings. The Hall–Kier alpha value is -0.420. The lowest BCUT2D eigenvalue weighted by atomic mass is 10.2. The number of thiophene rings is 1. The molecule has 14 heavy (non-hydrogen) atoms. The molecule has 4 heteroatoms. The first-order chi connectivity index (χ1) is 6.75. The van der Waals surface area contributed by atoms with E-state index in [9.17, 15) is 5.11 Å². The highest BCUT2D eigenvalue weighted by molar-refractivity contribution is 7.10. The maximum atomic E-state index is 9.73. The minimum Gasteiger partial charge on any atom is -0.385 e.